The van der Waals surface area contributed by atoms with Crippen LogP contribution in [0.2, 0.25) is 0 Å². The van der Waals surface area contributed by atoms with Crippen LogP contribution in [0.4, 0.5) is 18.9 Å². The lowest BCUT2D eigenvalue weighted by atomic mass is 9.91. The summed E-state index contributed by atoms with van der Waals surface area (Å²) in [5, 5.41) is 9.83. The summed E-state index contributed by atoms with van der Waals surface area (Å²) in [5.41, 5.74) is 5.43. The Balaban J connectivity index is 0.00000242. The highest BCUT2D eigenvalue weighted by molar-refractivity contribution is 5.95. The number of piperazine rings is 1. The normalized spacial score (nSPS) is 14.4. The molecule has 0 spiro atoms. The van der Waals surface area contributed by atoms with Crippen molar-refractivity contribution in [3.63, 3.8) is 0 Å². The van der Waals surface area contributed by atoms with Gasteiger partial charge in [-0.3, -0.25) is 9.69 Å². The van der Waals surface area contributed by atoms with E-state index >= 15 is 0 Å². The quantitative estimate of drug-likeness (QED) is 0.249. The number of halogens is 5. The van der Waals surface area contributed by atoms with Crippen molar-refractivity contribution in [3.05, 3.63) is 102 Å². The van der Waals surface area contributed by atoms with E-state index in [-0.39, 0.29) is 55.6 Å². The number of imidazole rings is 1. The van der Waals surface area contributed by atoms with Gasteiger partial charge in [-0.05, 0) is 47.9 Å². The molecule has 1 fully saturated rings. The first-order valence-electron chi connectivity index (χ1n) is 12.6. The molecule has 2 heterocycles. The third kappa shape index (κ3) is 6.87. The molecule has 1 atom stereocenters. The van der Waals surface area contributed by atoms with E-state index in [0.717, 1.165) is 27.9 Å². The Hall–Kier alpha value is -4.04. The van der Waals surface area contributed by atoms with E-state index in [0.29, 0.717) is 17.8 Å². The van der Waals surface area contributed by atoms with Gasteiger partial charge in [0.1, 0.15) is 5.75 Å². The van der Waals surface area contributed by atoms with Crippen LogP contribution in [-0.4, -0.2) is 46.4 Å². The minimum atomic E-state index is -4.82. The number of carbonyl (C=O) groups excluding carboxylic acids is 1. The van der Waals surface area contributed by atoms with Crippen molar-refractivity contribution in [3.8, 4) is 22.9 Å². The van der Waals surface area contributed by atoms with Gasteiger partial charge in [-0.1, -0.05) is 36.4 Å². The fourth-order valence-corrected chi connectivity index (χ4v) is 5.16. The summed E-state index contributed by atoms with van der Waals surface area (Å²) in [7, 11) is 1.88. The van der Waals surface area contributed by atoms with E-state index in [9.17, 15) is 23.2 Å². The predicted octanol–water partition coefficient (Wildman–Crippen LogP) is 6.45. The van der Waals surface area contributed by atoms with Crippen LogP contribution in [0.15, 0.2) is 79.3 Å². The molecule has 220 valence electrons. The lowest BCUT2D eigenvalue weighted by Crippen LogP contribution is -2.51. The van der Waals surface area contributed by atoms with Gasteiger partial charge < -0.3 is 14.2 Å². The van der Waals surface area contributed by atoms with E-state index in [2.05, 4.69) is 15.8 Å². The number of aryl methyl sites for hydroxylation is 2. The molecule has 0 radical (unpaired) electrons. The van der Waals surface area contributed by atoms with Crippen LogP contribution in [-0.2, 0) is 11.8 Å². The van der Waals surface area contributed by atoms with Crippen molar-refractivity contribution in [2.24, 2.45) is 7.05 Å². The van der Waals surface area contributed by atoms with Gasteiger partial charge in [0.15, 0.2) is 0 Å². The molecule has 0 N–H and O–H groups in total. The number of hydrogen-bond acceptors (Lipinski definition) is 5. The maximum absolute atomic E-state index is 13.4. The number of alkyl halides is 3. The summed E-state index contributed by atoms with van der Waals surface area (Å²) in [6, 6.07) is 20.9. The molecular weight excluding hydrogens is 590 g/mol. The molecule has 3 aromatic carbocycles. The lowest BCUT2D eigenvalue weighted by molar-refractivity contribution is -0.274. The zero-order chi connectivity index (χ0) is 28.4. The van der Waals surface area contributed by atoms with E-state index < -0.39 is 6.36 Å². The molecule has 1 aliphatic heterocycles. The SMILES string of the molecule is Cc1ccccc1-c1cc(C(c2cncn2C)N2CCN(c3cccc(OC(F)(F)F)c3)C(=O)C2)ccc1C#N.Cl.Cl. The van der Waals surface area contributed by atoms with E-state index in [1.54, 1.807) is 24.7 Å². The average molecular weight is 618 g/mol. The monoisotopic (exact) mass is 617 g/mol. The van der Waals surface area contributed by atoms with Gasteiger partial charge in [-0.15, -0.1) is 38.0 Å². The fourth-order valence-electron chi connectivity index (χ4n) is 5.16. The van der Waals surface area contributed by atoms with Gasteiger partial charge in [0, 0.05) is 37.5 Å². The Bertz CT molecular complexity index is 1600. The first-order chi connectivity index (χ1) is 19.1. The molecule has 0 aliphatic carbocycles. The number of hydrogen-bond donors (Lipinski definition) is 0. The maximum Gasteiger partial charge on any atom is 0.573 e. The van der Waals surface area contributed by atoms with Crippen LogP contribution in [0.1, 0.15) is 28.4 Å². The van der Waals surface area contributed by atoms with Crippen molar-refractivity contribution >= 4 is 36.4 Å². The van der Waals surface area contributed by atoms with E-state index in [1.807, 2.05) is 59.8 Å². The maximum atomic E-state index is 13.4. The number of rotatable bonds is 6. The summed E-state index contributed by atoms with van der Waals surface area (Å²) in [4.78, 5) is 21.2. The molecule has 0 saturated carbocycles. The highest BCUT2D eigenvalue weighted by Crippen LogP contribution is 2.36. The highest BCUT2D eigenvalue weighted by atomic mass is 35.5. The Kier molecular flexibility index (Phi) is 10.3. The zero-order valence-electron chi connectivity index (χ0n) is 22.7. The number of benzene rings is 3. The lowest BCUT2D eigenvalue weighted by Gasteiger charge is -2.39. The van der Waals surface area contributed by atoms with Crippen molar-refractivity contribution in [2.75, 3.05) is 24.5 Å². The summed E-state index contributed by atoms with van der Waals surface area (Å²) in [6.45, 7) is 2.74. The summed E-state index contributed by atoms with van der Waals surface area (Å²) in [5.74, 6) is -0.635. The van der Waals surface area contributed by atoms with Gasteiger partial charge in [-0.25, -0.2) is 4.98 Å². The van der Waals surface area contributed by atoms with Gasteiger partial charge >= 0.3 is 6.36 Å². The fraction of sp³-hybridized carbons (Fsp3) is 0.233. The smallest absolute Gasteiger partial charge is 0.406 e. The molecule has 1 aliphatic rings. The second-order valence-corrected chi connectivity index (χ2v) is 9.62. The van der Waals surface area contributed by atoms with Gasteiger partial charge in [0.25, 0.3) is 0 Å². The number of amides is 1. The summed E-state index contributed by atoms with van der Waals surface area (Å²) < 4.78 is 44.1. The minimum absolute atomic E-state index is 0. The van der Waals surface area contributed by atoms with Gasteiger partial charge in [-0.2, -0.15) is 5.26 Å². The Morgan fingerprint density at radius 2 is 1.76 bits per heavy atom. The van der Waals surface area contributed by atoms with Crippen molar-refractivity contribution < 1.29 is 22.7 Å². The molecule has 0 bridgehead atoms. The number of aromatic nitrogens is 2. The molecule has 4 aromatic rings. The van der Waals surface area contributed by atoms with Crippen LogP contribution in [0.5, 0.6) is 5.75 Å². The van der Waals surface area contributed by atoms with Crippen LogP contribution in [0, 0.1) is 18.3 Å². The second kappa shape index (κ2) is 13.3. The van der Waals surface area contributed by atoms with Gasteiger partial charge in [0.05, 0.1) is 42.4 Å². The largest absolute Gasteiger partial charge is 0.573 e. The van der Waals surface area contributed by atoms with Crippen LogP contribution < -0.4 is 9.64 Å². The molecule has 1 amide bonds. The number of ether oxygens (including phenoxy) is 1. The topological polar surface area (TPSA) is 74.4 Å². The second-order valence-electron chi connectivity index (χ2n) is 9.62. The minimum Gasteiger partial charge on any atom is -0.406 e. The molecule has 1 unspecified atom stereocenters. The molecule has 42 heavy (non-hydrogen) atoms. The number of anilines is 1. The number of nitriles is 1. The van der Waals surface area contributed by atoms with Crippen molar-refractivity contribution in [1.82, 2.24) is 14.5 Å². The first kappa shape index (κ1) is 32.5. The van der Waals surface area contributed by atoms with E-state index in [1.165, 1.54) is 23.1 Å². The molecule has 7 nitrogen and oxygen atoms in total. The van der Waals surface area contributed by atoms with Crippen molar-refractivity contribution in [2.45, 2.75) is 19.3 Å². The van der Waals surface area contributed by atoms with Crippen LogP contribution in [0.3, 0.4) is 0 Å². The zero-order valence-corrected chi connectivity index (χ0v) is 24.3. The summed E-state index contributed by atoms with van der Waals surface area (Å²) in [6.07, 6.45) is -1.38. The van der Waals surface area contributed by atoms with E-state index in [4.69, 9.17) is 0 Å². The molecule has 5 rings (SSSR count). The van der Waals surface area contributed by atoms with Gasteiger partial charge in [0.2, 0.25) is 5.91 Å². The standard InChI is InChI=1S/C30H26F3N5O2.2ClH/c1-20-6-3-4-9-25(20)26-14-21(10-11-22(26)16-34)29(27-17-35-19-36(27)2)37-12-13-38(28(39)18-37)23-7-5-8-24(15-23)40-30(31,32)33;;/h3-11,14-15,17,19,29H,12-13,18H2,1-2H3;2*1H. The third-order valence-electron chi connectivity index (χ3n) is 7.03. The highest BCUT2D eigenvalue weighted by Gasteiger charge is 2.34. The van der Waals surface area contributed by atoms with Crippen LogP contribution in [0.25, 0.3) is 11.1 Å². The molecule has 12 heteroatoms. The summed E-state index contributed by atoms with van der Waals surface area (Å²) >= 11 is 0. The number of nitrogens with zero attached hydrogens (tertiary/aromatic N) is 5. The molecule has 1 aromatic heterocycles. The average Bonchev–Trinajstić information content (AvgIpc) is 3.33. The molecular formula is C30H28Cl2F3N5O2. The first-order valence-corrected chi connectivity index (χ1v) is 12.6. The third-order valence-corrected chi connectivity index (χ3v) is 7.03. The number of carbonyl (C=O) groups is 1. The van der Waals surface area contributed by atoms with Crippen LogP contribution >= 0.6 is 24.8 Å². The Labute approximate surface area is 254 Å². The predicted molar refractivity (Wildman–Crippen MR) is 158 cm³/mol. The molecule has 1 saturated heterocycles. The van der Waals surface area contributed by atoms with Crippen molar-refractivity contribution in [1.29, 1.82) is 5.26 Å². The Morgan fingerprint density at radius 1 is 1.00 bits per heavy atom. The Morgan fingerprint density at radius 3 is 2.40 bits per heavy atom.